The predicted octanol–water partition coefficient (Wildman–Crippen LogP) is 8.44. The van der Waals surface area contributed by atoms with Gasteiger partial charge in [0.25, 0.3) is 5.91 Å². The highest BCUT2D eigenvalue weighted by molar-refractivity contribution is 14.1. The van der Waals surface area contributed by atoms with Crippen LogP contribution >= 0.6 is 22.6 Å². The van der Waals surface area contributed by atoms with Crippen LogP contribution in [0.25, 0.3) is 39.5 Å². The minimum Gasteiger partial charge on any atom is -0.455 e. The molecule has 0 aliphatic rings. The third-order valence-corrected chi connectivity index (χ3v) is 7.24. The second-order valence-corrected chi connectivity index (χ2v) is 10.4. The highest BCUT2D eigenvalue weighted by Crippen LogP contribution is 2.32. The maximum Gasteiger partial charge on any atom is 0.271 e. The van der Waals surface area contributed by atoms with Crippen LogP contribution < -0.4 is 5.43 Å². The van der Waals surface area contributed by atoms with Crippen molar-refractivity contribution in [2.24, 2.45) is 5.10 Å². The first-order chi connectivity index (χ1) is 19.7. The Kier molecular flexibility index (Phi) is 7.41. The molecule has 6 heteroatoms. The number of rotatable bonds is 7. The van der Waals surface area contributed by atoms with E-state index < -0.39 is 0 Å². The fourth-order valence-corrected chi connectivity index (χ4v) is 4.92. The van der Waals surface area contributed by atoms with Crippen molar-refractivity contribution in [1.29, 1.82) is 0 Å². The zero-order valence-electron chi connectivity index (χ0n) is 21.4. The van der Waals surface area contributed by atoms with Crippen molar-refractivity contribution in [2.45, 2.75) is 0 Å². The number of furan rings is 1. The monoisotopic (exact) mass is 633 g/mol. The van der Waals surface area contributed by atoms with Gasteiger partial charge in [0.2, 0.25) is 0 Å². The number of carbonyl (C=O) groups excluding carboxylic acids is 1. The number of hydrazone groups is 1. The smallest absolute Gasteiger partial charge is 0.271 e. The van der Waals surface area contributed by atoms with E-state index in [0.717, 1.165) is 43.1 Å². The quantitative estimate of drug-likeness (QED) is 0.109. The SMILES string of the molecule is O=C(N/N=C\c1ccc(-c2ccc(I)cc2)o1)c1ccc(-n2c(-c3ccccc3)ccc2-c2ccccc2)cc1. The van der Waals surface area contributed by atoms with E-state index in [1.807, 2.05) is 97.1 Å². The lowest BCUT2D eigenvalue weighted by Gasteiger charge is -2.15. The summed E-state index contributed by atoms with van der Waals surface area (Å²) in [5.74, 6) is 1.000. The fraction of sp³-hybridized carbons (Fsp3) is 0. The lowest BCUT2D eigenvalue weighted by molar-refractivity contribution is 0.0955. The Morgan fingerprint density at radius 2 is 1.27 bits per heavy atom. The molecule has 0 saturated carbocycles. The number of nitrogens with one attached hydrogen (secondary N) is 1. The molecule has 1 amide bonds. The van der Waals surface area contributed by atoms with Crippen molar-refractivity contribution in [1.82, 2.24) is 9.99 Å². The number of carbonyl (C=O) groups is 1. The average Bonchev–Trinajstić information content (AvgIpc) is 3.67. The molecule has 0 atom stereocenters. The molecule has 2 aromatic heterocycles. The van der Waals surface area contributed by atoms with Crippen LogP contribution in [0.5, 0.6) is 0 Å². The van der Waals surface area contributed by atoms with Gasteiger partial charge in [0.1, 0.15) is 11.5 Å². The van der Waals surface area contributed by atoms with E-state index >= 15 is 0 Å². The molecule has 0 aliphatic heterocycles. The molecule has 0 unspecified atom stereocenters. The fourth-order valence-electron chi connectivity index (χ4n) is 4.56. The van der Waals surface area contributed by atoms with Crippen molar-refractivity contribution >= 4 is 34.7 Å². The Bertz CT molecular complexity index is 1710. The van der Waals surface area contributed by atoms with E-state index in [-0.39, 0.29) is 5.91 Å². The van der Waals surface area contributed by atoms with Crippen LogP contribution in [0, 0.1) is 3.57 Å². The molecule has 0 radical (unpaired) electrons. The van der Waals surface area contributed by atoms with Crippen molar-refractivity contribution in [3.63, 3.8) is 0 Å². The highest BCUT2D eigenvalue weighted by Gasteiger charge is 2.14. The zero-order chi connectivity index (χ0) is 27.3. The first-order valence-corrected chi connectivity index (χ1v) is 13.9. The van der Waals surface area contributed by atoms with Gasteiger partial charge in [-0.25, -0.2) is 5.43 Å². The molecule has 40 heavy (non-hydrogen) atoms. The molecule has 6 aromatic rings. The first kappa shape index (κ1) is 25.6. The van der Waals surface area contributed by atoms with Gasteiger partial charge in [-0.05, 0) is 94.4 Å². The van der Waals surface area contributed by atoms with Crippen LogP contribution in [0.3, 0.4) is 0 Å². The van der Waals surface area contributed by atoms with Gasteiger partial charge < -0.3 is 8.98 Å². The normalized spacial score (nSPS) is 11.1. The first-order valence-electron chi connectivity index (χ1n) is 12.8. The van der Waals surface area contributed by atoms with E-state index in [0.29, 0.717) is 11.3 Å². The van der Waals surface area contributed by atoms with Gasteiger partial charge in [-0.1, -0.05) is 72.8 Å². The summed E-state index contributed by atoms with van der Waals surface area (Å²) < 4.78 is 9.22. The third-order valence-electron chi connectivity index (χ3n) is 6.52. The van der Waals surface area contributed by atoms with Crippen molar-refractivity contribution < 1.29 is 9.21 Å². The molecule has 6 rings (SSSR count). The zero-order valence-corrected chi connectivity index (χ0v) is 23.5. The van der Waals surface area contributed by atoms with Gasteiger partial charge in [-0.3, -0.25) is 4.79 Å². The molecular formula is C34H24IN3O2. The van der Waals surface area contributed by atoms with Crippen LogP contribution in [0.1, 0.15) is 16.1 Å². The summed E-state index contributed by atoms with van der Waals surface area (Å²) in [6.45, 7) is 0. The highest BCUT2D eigenvalue weighted by atomic mass is 127. The molecule has 0 fully saturated rings. The minimum atomic E-state index is -0.300. The van der Waals surface area contributed by atoms with Crippen LogP contribution in [-0.2, 0) is 0 Å². The summed E-state index contributed by atoms with van der Waals surface area (Å²) in [7, 11) is 0. The number of benzene rings is 4. The van der Waals surface area contributed by atoms with Crippen LogP contribution in [0.4, 0.5) is 0 Å². The molecular weight excluding hydrogens is 609 g/mol. The van der Waals surface area contributed by atoms with Crippen molar-refractivity contribution in [3.8, 4) is 39.5 Å². The molecule has 0 saturated heterocycles. The maximum absolute atomic E-state index is 12.8. The lowest BCUT2D eigenvalue weighted by atomic mass is 10.1. The molecule has 2 heterocycles. The molecule has 0 spiro atoms. The van der Waals surface area contributed by atoms with E-state index in [1.54, 1.807) is 0 Å². The van der Waals surface area contributed by atoms with E-state index in [1.165, 1.54) is 6.21 Å². The molecule has 194 valence electrons. The third kappa shape index (κ3) is 5.53. The second-order valence-electron chi connectivity index (χ2n) is 9.13. The number of aromatic nitrogens is 1. The van der Waals surface area contributed by atoms with Gasteiger partial charge in [-0.15, -0.1) is 0 Å². The largest absolute Gasteiger partial charge is 0.455 e. The Morgan fingerprint density at radius 3 is 1.88 bits per heavy atom. The summed E-state index contributed by atoms with van der Waals surface area (Å²) >= 11 is 2.27. The summed E-state index contributed by atoms with van der Waals surface area (Å²) in [6.07, 6.45) is 1.50. The summed E-state index contributed by atoms with van der Waals surface area (Å²) in [6, 6.07) is 44.1. The van der Waals surface area contributed by atoms with Gasteiger partial charge in [0.15, 0.2) is 0 Å². The minimum absolute atomic E-state index is 0.300. The average molecular weight is 633 g/mol. The van der Waals surface area contributed by atoms with Crippen LogP contribution in [0.2, 0.25) is 0 Å². The number of hydrogen-bond donors (Lipinski definition) is 1. The van der Waals surface area contributed by atoms with Crippen LogP contribution in [-0.4, -0.2) is 16.7 Å². The van der Waals surface area contributed by atoms with Gasteiger partial charge in [0.05, 0.1) is 17.6 Å². The molecule has 0 aliphatic carbocycles. The summed E-state index contributed by atoms with van der Waals surface area (Å²) in [5.41, 5.74) is 9.42. The summed E-state index contributed by atoms with van der Waals surface area (Å²) in [4.78, 5) is 12.8. The topological polar surface area (TPSA) is 59.5 Å². The lowest BCUT2D eigenvalue weighted by Crippen LogP contribution is -2.17. The van der Waals surface area contributed by atoms with Gasteiger partial charge in [-0.2, -0.15) is 5.10 Å². The number of nitrogens with zero attached hydrogens (tertiary/aromatic N) is 2. The van der Waals surface area contributed by atoms with Crippen molar-refractivity contribution in [3.05, 3.63) is 148 Å². The van der Waals surface area contributed by atoms with Crippen molar-refractivity contribution in [2.75, 3.05) is 0 Å². The Labute approximate surface area is 245 Å². The number of hydrogen-bond acceptors (Lipinski definition) is 3. The van der Waals surface area contributed by atoms with Gasteiger partial charge in [0, 0.05) is 20.4 Å². The molecule has 5 nitrogen and oxygen atoms in total. The summed E-state index contributed by atoms with van der Waals surface area (Å²) in [5, 5.41) is 4.09. The number of halogens is 1. The van der Waals surface area contributed by atoms with E-state index in [2.05, 4.69) is 74.1 Å². The maximum atomic E-state index is 12.8. The van der Waals surface area contributed by atoms with E-state index in [9.17, 15) is 4.79 Å². The van der Waals surface area contributed by atoms with Crippen LogP contribution in [0.15, 0.2) is 143 Å². The van der Waals surface area contributed by atoms with Gasteiger partial charge >= 0.3 is 0 Å². The molecule has 1 N–H and O–H groups in total. The standard InChI is InChI=1S/C34H24IN3O2/c35-28-15-11-26(12-16-28)33-22-19-30(40-33)23-36-37-34(39)27-13-17-29(18-14-27)38-31(24-7-3-1-4-8-24)20-21-32(38)25-9-5-2-6-10-25/h1-23H,(H,37,39)/b36-23-. The second kappa shape index (κ2) is 11.6. The Hall–Kier alpha value is -4.69. The molecule has 4 aromatic carbocycles. The number of amides is 1. The Balaban J connectivity index is 1.21. The molecule has 0 bridgehead atoms. The Morgan fingerprint density at radius 1 is 0.675 bits per heavy atom. The predicted molar refractivity (Wildman–Crippen MR) is 169 cm³/mol. The van der Waals surface area contributed by atoms with E-state index in [4.69, 9.17) is 4.42 Å².